The molecule has 20 heavy (non-hydrogen) atoms. The minimum Gasteiger partial charge on any atom is -0.459 e. The molecule has 0 bridgehead atoms. The lowest BCUT2D eigenvalue weighted by Crippen LogP contribution is -2.13. The van der Waals surface area contributed by atoms with Crippen LogP contribution in [-0.2, 0) is 5.41 Å². The SMILES string of the molecule is [2H]C([2H])(F)Oc1c(F)c(F)cc2cc(N)cc(C(C)(C)C)c12. The number of rotatable bonds is 2. The molecule has 0 aliphatic heterocycles. The van der Waals surface area contributed by atoms with E-state index in [0.29, 0.717) is 11.3 Å². The molecule has 5 heteroatoms. The van der Waals surface area contributed by atoms with Crippen molar-refractivity contribution in [3.8, 4) is 5.75 Å². The van der Waals surface area contributed by atoms with Gasteiger partial charge in [0.2, 0.25) is 12.6 Å². The Labute approximate surface area is 118 Å². The van der Waals surface area contributed by atoms with Crippen LogP contribution in [0.25, 0.3) is 10.8 Å². The van der Waals surface area contributed by atoms with E-state index in [0.717, 1.165) is 6.07 Å². The van der Waals surface area contributed by atoms with Crippen LogP contribution in [0.4, 0.5) is 18.9 Å². The van der Waals surface area contributed by atoms with Crippen molar-refractivity contribution >= 4 is 16.5 Å². The number of ether oxygens (including phenoxy) is 1. The molecule has 0 heterocycles. The van der Waals surface area contributed by atoms with Gasteiger partial charge in [0.1, 0.15) is 2.74 Å². The molecule has 2 N–H and O–H groups in total. The fourth-order valence-corrected chi connectivity index (χ4v) is 2.20. The summed E-state index contributed by atoms with van der Waals surface area (Å²) in [6.07, 6.45) is 0. The van der Waals surface area contributed by atoms with Gasteiger partial charge in [0.25, 0.3) is 0 Å². The van der Waals surface area contributed by atoms with Crippen LogP contribution in [0.3, 0.4) is 0 Å². The second-order valence-corrected chi connectivity index (χ2v) is 5.60. The number of anilines is 1. The van der Waals surface area contributed by atoms with Gasteiger partial charge in [0.15, 0.2) is 11.6 Å². The monoisotopic (exact) mass is 285 g/mol. The van der Waals surface area contributed by atoms with Gasteiger partial charge in [0, 0.05) is 11.1 Å². The minimum atomic E-state index is -3.64. The summed E-state index contributed by atoms with van der Waals surface area (Å²) in [5.74, 6) is -3.51. The van der Waals surface area contributed by atoms with Crippen LogP contribution in [0.5, 0.6) is 5.75 Å². The zero-order chi connectivity index (χ0) is 16.9. The van der Waals surface area contributed by atoms with E-state index < -0.39 is 29.6 Å². The van der Waals surface area contributed by atoms with E-state index >= 15 is 0 Å². The van der Waals surface area contributed by atoms with Crippen molar-refractivity contribution in [3.05, 3.63) is 35.4 Å². The molecule has 0 aromatic heterocycles. The third-order valence-corrected chi connectivity index (χ3v) is 3.06. The van der Waals surface area contributed by atoms with Gasteiger partial charge in [0.05, 0.1) is 0 Å². The number of nitrogen functional groups attached to an aromatic ring is 1. The minimum absolute atomic E-state index is 0.0992. The first-order valence-electron chi connectivity index (χ1n) is 7.00. The van der Waals surface area contributed by atoms with Gasteiger partial charge >= 0.3 is 0 Å². The number of halogens is 3. The predicted molar refractivity (Wildman–Crippen MR) is 73.6 cm³/mol. The molecule has 0 atom stereocenters. The first-order valence-corrected chi connectivity index (χ1v) is 6.00. The Morgan fingerprint density at radius 2 is 1.90 bits per heavy atom. The van der Waals surface area contributed by atoms with Crippen molar-refractivity contribution in [1.82, 2.24) is 0 Å². The number of alkyl halides is 1. The van der Waals surface area contributed by atoms with E-state index in [-0.39, 0.29) is 10.8 Å². The molecule has 2 aromatic rings. The maximum absolute atomic E-state index is 14.1. The van der Waals surface area contributed by atoms with Crippen LogP contribution in [0.2, 0.25) is 0 Å². The quantitative estimate of drug-likeness (QED) is 0.835. The first kappa shape index (κ1) is 11.9. The standard InChI is InChI=1S/C15H16F3NO/c1-15(2,3)10-6-9(19)4-8-5-11(17)13(18)14(12(8)10)20-7-16/h4-6H,7,19H2,1-3H3/i7D2. The van der Waals surface area contributed by atoms with E-state index in [4.69, 9.17) is 8.48 Å². The Balaban J connectivity index is 2.94. The Bertz CT molecular complexity index is 736. The highest BCUT2D eigenvalue weighted by Crippen LogP contribution is 2.40. The molecule has 2 rings (SSSR count). The van der Waals surface area contributed by atoms with Gasteiger partial charge in [-0.3, -0.25) is 0 Å². The van der Waals surface area contributed by atoms with Crippen molar-refractivity contribution in [2.45, 2.75) is 26.2 Å². The van der Waals surface area contributed by atoms with E-state index in [2.05, 4.69) is 4.74 Å². The predicted octanol–water partition coefficient (Wildman–Crippen LogP) is 4.30. The maximum atomic E-state index is 14.1. The average Bonchev–Trinajstić information content (AvgIpc) is 2.31. The van der Waals surface area contributed by atoms with E-state index in [1.54, 1.807) is 6.07 Å². The molecule has 0 aliphatic carbocycles. The molecule has 0 amide bonds. The van der Waals surface area contributed by atoms with Gasteiger partial charge in [-0.25, -0.2) is 8.78 Å². The van der Waals surface area contributed by atoms with Crippen molar-refractivity contribution in [2.24, 2.45) is 0 Å². The summed E-state index contributed by atoms with van der Waals surface area (Å²) >= 11 is 0. The van der Waals surface area contributed by atoms with Crippen LogP contribution in [-0.4, -0.2) is 6.81 Å². The summed E-state index contributed by atoms with van der Waals surface area (Å²) in [5.41, 5.74) is 6.08. The van der Waals surface area contributed by atoms with Crippen LogP contribution in [0.1, 0.15) is 29.1 Å². The van der Waals surface area contributed by atoms with Crippen molar-refractivity contribution in [2.75, 3.05) is 12.5 Å². The summed E-state index contributed by atoms with van der Waals surface area (Å²) < 4.78 is 59.1. The lowest BCUT2D eigenvalue weighted by atomic mass is 9.83. The fourth-order valence-electron chi connectivity index (χ4n) is 2.20. The van der Waals surface area contributed by atoms with E-state index in [1.807, 2.05) is 20.8 Å². The number of nitrogens with two attached hydrogens (primary N) is 1. The Hall–Kier alpha value is -1.91. The number of hydrogen-bond acceptors (Lipinski definition) is 2. The third-order valence-electron chi connectivity index (χ3n) is 3.06. The lowest BCUT2D eigenvalue weighted by molar-refractivity contribution is 0.185. The smallest absolute Gasteiger partial charge is 0.228 e. The molecular weight excluding hydrogens is 267 g/mol. The highest BCUT2D eigenvalue weighted by atomic mass is 19.2. The number of benzene rings is 2. The first-order chi connectivity index (χ1) is 9.90. The van der Waals surface area contributed by atoms with Crippen LogP contribution in [0.15, 0.2) is 18.2 Å². The topological polar surface area (TPSA) is 35.2 Å². The maximum Gasteiger partial charge on any atom is 0.228 e. The summed E-state index contributed by atoms with van der Waals surface area (Å²) in [6.45, 7) is 1.81. The van der Waals surface area contributed by atoms with E-state index in [1.165, 1.54) is 6.07 Å². The van der Waals surface area contributed by atoms with Crippen molar-refractivity contribution in [3.63, 3.8) is 0 Å². The van der Waals surface area contributed by atoms with Gasteiger partial charge in [-0.2, -0.15) is 4.39 Å². The van der Waals surface area contributed by atoms with Gasteiger partial charge in [-0.15, -0.1) is 0 Å². The van der Waals surface area contributed by atoms with Crippen molar-refractivity contribution in [1.29, 1.82) is 0 Å². The molecule has 2 nitrogen and oxygen atoms in total. The molecule has 0 unspecified atom stereocenters. The zero-order valence-corrected chi connectivity index (χ0v) is 11.4. The van der Waals surface area contributed by atoms with Crippen molar-refractivity contribution < 1.29 is 20.6 Å². The molecule has 108 valence electrons. The molecule has 0 spiro atoms. The van der Waals surface area contributed by atoms with Gasteiger partial charge in [-0.05, 0) is 34.6 Å². The zero-order valence-electron chi connectivity index (χ0n) is 13.4. The largest absolute Gasteiger partial charge is 0.459 e. The molecule has 0 radical (unpaired) electrons. The highest BCUT2D eigenvalue weighted by molar-refractivity contribution is 5.94. The Morgan fingerprint density at radius 3 is 2.45 bits per heavy atom. The van der Waals surface area contributed by atoms with Crippen LogP contribution in [0, 0.1) is 11.6 Å². The molecule has 2 aromatic carbocycles. The third kappa shape index (κ3) is 2.40. The Morgan fingerprint density at radius 1 is 1.25 bits per heavy atom. The number of fused-ring (bicyclic) bond motifs is 1. The molecule has 0 aliphatic rings. The van der Waals surface area contributed by atoms with Gasteiger partial charge in [-0.1, -0.05) is 20.8 Å². The lowest BCUT2D eigenvalue weighted by Gasteiger charge is -2.23. The second kappa shape index (κ2) is 4.89. The van der Waals surface area contributed by atoms with Gasteiger partial charge < -0.3 is 10.5 Å². The highest BCUT2D eigenvalue weighted by Gasteiger charge is 2.24. The van der Waals surface area contributed by atoms with Crippen LogP contribution >= 0.6 is 0 Å². The summed E-state index contributed by atoms with van der Waals surface area (Å²) in [6, 6.07) is 3.88. The molecule has 0 saturated carbocycles. The van der Waals surface area contributed by atoms with Crippen LogP contribution < -0.4 is 10.5 Å². The summed E-state index contributed by atoms with van der Waals surface area (Å²) in [4.78, 5) is 0. The van der Waals surface area contributed by atoms with E-state index in [9.17, 15) is 13.2 Å². The Kier molecular flexibility index (Phi) is 2.90. The second-order valence-electron chi connectivity index (χ2n) is 5.60. The normalized spacial score (nSPS) is 14.1. The fraction of sp³-hybridized carbons (Fsp3) is 0.333. The summed E-state index contributed by atoms with van der Waals surface area (Å²) in [5, 5.41) is 0.310. The molecule has 0 saturated heterocycles. The average molecular weight is 285 g/mol. The number of hydrogen-bond donors (Lipinski definition) is 1. The summed E-state index contributed by atoms with van der Waals surface area (Å²) in [7, 11) is 0. The molecular formula is C15H16F3NO. The molecule has 0 fully saturated rings.